The molecule has 3 N–H and O–H groups in total. The zero-order valence-corrected chi connectivity index (χ0v) is 23.0. The fourth-order valence-electron chi connectivity index (χ4n) is 6.03. The molecule has 3 aliphatic rings. The number of carboxylic acid groups (broad SMARTS) is 1. The Morgan fingerprint density at radius 3 is 1.75 bits per heavy atom. The number of benzene rings is 4. The Morgan fingerprint density at radius 1 is 0.850 bits per heavy atom. The van der Waals surface area contributed by atoms with Gasteiger partial charge >= 0.3 is 0 Å². The molecule has 3 aliphatic carbocycles. The smallest absolute Gasteiger partial charge is 0.118 e. The lowest BCUT2D eigenvalue weighted by molar-refractivity contribution is -0.698. The summed E-state index contributed by atoms with van der Waals surface area (Å²) in [4.78, 5) is 10.1. The maximum absolute atomic E-state index is 10.1. The van der Waals surface area contributed by atoms with Gasteiger partial charge in [-0.05, 0) is 41.2 Å². The minimum Gasteiger partial charge on any atom is -0.547 e. The third kappa shape index (κ3) is 6.48. The number of quaternary nitrogens is 1. The largest absolute Gasteiger partial charge is 0.547 e. The molecule has 0 radical (unpaired) electrons. The number of aliphatic carboxylic acids is 1. The van der Waals surface area contributed by atoms with Crippen LogP contribution in [0, 0.1) is 17.2 Å². The fourth-order valence-corrected chi connectivity index (χ4v) is 6.03. The summed E-state index contributed by atoms with van der Waals surface area (Å²) in [6.45, 7) is 4.96. The number of nitriles is 1. The minimum absolute atomic E-state index is 0.340. The van der Waals surface area contributed by atoms with E-state index in [-0.39, 0.29) is 0 Å². The zero-order valence-electron chi connectivity index (χ0n) is 23.0. The SMILES string of the molecule is CC#N.C[C@@H]([NH2+]C[C@@H]1CC2c3ccccc3C1c1ccccc12)c1ccccc1.O=C([O-])[C@H](O)c1ccccc1. The Balaban J connectivity index is 0.000000222. The van der Waals surface area contributed by atoms with Crippen molar-refractivity contribution in [2.45, 2.75) is 44.2 Å². The van der Waals surface area contributed by atoms with Crippen molar-refractivity contribution >= 4 is 5.97 Å². The molecule has 0 spiro atoms. The molecule has 7 rings (SSSR count). The summed E-state index contributed by atoms with van der Waals surface area (Å²) < 4.78 is 0. The summed E-state index contributed by atoms with van der Waals surface area (Å²) in [6, 6.07) is 39.6. The molecule has 0 unspecified atom stereocenters. The molecule has 0 aromatic heterocycles. The first kappa shape index (κ1) is 28.8. The second-order valence-electron chi connectivity index (χ2n) is 10.3. The summed E-state index contributed by atoms with van der Waals surface area (Å²) in [5, 5.41) is 28.9. The number of nitrogens with zero attached hydrogens (tertiary/aromatic N) is 1. The third-order valence-corrected chi connectivity index (χ3v) is 7.88. The highest BCUT2D eigenvalue weighted by molar-refractivity contribution is 5.71. The van der Waals surface area contributed by atoms with Crippen LogP contribution in [-0.2, 0) is 4.79 Å². The number of hydrogen-bond donors (Lipinski definition) is 2. The van der Waals surface area contributed by atoms with Gasteiger partial charge in [0.05, 0.1) is 18.6 Å². The highest BCUT2D eigenvalue weighted by atomic mass is 16.4. The van der Waals surface area contributed by atoms with Gasteiger partial charge in [-0.15, -0.1) is 0 Å². The maximum atomic E-state index is 10.1. The van der Waals surface area contributed by atoms with Crippen molar-refractivity contribution in [1.29, 1.82) is 5.26 Å². The van der Waals surface area contributed by atoms with E-state index in [9.17, 15) is 9.90 Å². The van der Waals surface area contributed by atoms with Gasteiger partial charge in [0.2, 0.25) is 0 Å². The van der Waals surface area contributed by atoms with Crippen LogP contribution in [0.15, 0.2) is 109 Å². The van der Waals surface area contributed by atoms with Crippen LogP contribution in [0.1, 0.15) is 77.6 Å². The Labute approximate surface area is 236 Å². The Kier molecular flexibility index (Phi) is 9.86. The summed E-state index contributed by atoms with van der Waals surface area (Å²) in [5.74, 6) is 0.386. The van der Waals surface area contributed by atoms with Crippen LogP contribution < -0.4 is 10.4 Å². The van der Waals surface area contributed by atoms with Crippen molar-refractivity contribution < 1.29 is 20.3 Å². The number of fused-ring (bicyclic) bond motifs is 1. The number of nitrogens with two attached hydrogens (primary N) is 1. The average molecular weight is 533 g/mol. The summed E-state index contributed by atoms with van der Waals surface area (Å²) in [6.07, 6.45) is -0.229. The Morgan fingerprint density at radius 2 is 1.27 bits per heavy atom. The lowest BCUT2D eigenvalue weighted by Crippen LogP contribution is -2.86. The van der Waals surface area contributed by atoms with E-state index < -0.39 is 12.1 Å². The van der Waals surface area contributed by atoms with Crippen LogP contribution in [0.4, 0.5) is 0 Å². The van der Waals surface area contributed by atoms with E-state index in [1.807, 2.05) is 0 Å². The van der Waals surface area contributed by atoms with Gasteiger partial charge in [-0.1, -0.05) is 109 Å². The Bertz CT molecular complexity index is 1380. The molecular weight excluding hydrogens is 496 g/mol. The first-order valence-electron chi connectivity index (χ1n) is 13.8. The van der Waals surface area contributed by atoms with Crippen molar-refractivity contribution in [3.8, 4) is 6.07 Å². The van der Waals surface area contributed by atoms with E-state index in [0.29, 0.717) is 23.4 Å². The number of carbonyl (C=O) groups excluding carboxylic acids is 1. The first-order valence-corrected chi connectivity index (χ1v) is 13.8. The molecule has 4 aromatic rings. The molecule has 0 fully saturated rings. The molecule has 5 nitrogen and oxygen atoms in total. The van der Waals surface area contributed by atoms with Crippen LogP contribution >= 0.6 is 0 Å². The van der Waals surface area contributed by atoms with Gasteiger partial charge < -0.3 is 20.3 Å². The topological polar surface area (TPSA) is 101 Å². The van der Waals surface area contributed by atoms with Gasteiger partial charge in [0.15, 0.2) is 0 Å². The predicted octanol–water partition coefficient (Wildman–Crippen LogP) is 4.61. The number of rotatable bonds is 6. The van der Waals surface area contributed by atoms with Crippen molar-refractivity contribution in [2.75, 3.05) is 6.54 Å². The van der Waals surface area contributed by atoms with E-state index >= 15 is 0 Å². The molecule has 4 aromatic carbocycles. The highest BCUT2D eigenvalue weighted by Gasteiger charge is 2.43. The molecule has 0 saturated carbocycles. The lowest BCUT2D eigenvalue weighted by atomic mass is 9.59. The average Bonchev–Trinajstić information content (AvgIpc) is 3.01. The van der Waals surface area contributed by atoms with Crippen molar-refractivity contribution in [3.63, 3.8) is 0 Å². The minimum atomic E-state index is -1.52. The molecule has 5 heteroatoms. The molecular formula is C35H36N2O3. The quantitative estimate of drug-likeness (QED) is 0.379. The first-order chi connectivity index (χ1) is 19.5. The molecule has 204 valence electrons. The summed E-state index contributed by atoms with van der Waals surface area (Å²) in [7, 11) is 0. The number of hydrogen-bond acceptors (Lipinski definition) is 4. The van der Waals surface area contributed by atoms with Gasteiger partial charge in [0, 0.05) is 30.2 Å². The molecule has 0 saturated heterocycles. The van der Waals surface area contributed by atoms with E-state index in [0.717, 1.165) is 5.92 Å². The van der Waals surface area contributed by atoms with Crippen molar-refractivity contribution in [2.24, 2.45) is 5.92 Å². The molecule has 40 heavy (non-hydrogen) atoms. The van der Waals surface area contributed by atoms with Crippen LogP contribution in [0.5, 0.6) is 0 Å². The van der Waals surface area contributed by atoms with Gasteiger partial charge in [-0.3, -0.25) is 0 Å². The van der Waals surface area contributed by atoms with Crippen LogP contribution in [0.25, 0.3) is 0 Å². The second kappa shape index (κ2) is 13.7. The third-order valence-electron chi connectivity index (χ3n) is 7.88. The van der Waals surface area contributed by atoms with E-state index in [1.54, 1.807) is 46.5 Å². The highest BCUT2D eigenvalue weighted by Crippen LogP contribution is 2.54. The maximum Gasteiger partial charge on any atom is 0.118 e. The van der Waals surface area contributed by atoms with E-state index in [1.165, 1.54) is 37.6 Å². The van der Waals surface area contributed by atoms with Crippen LogP contribution in [-0.4, -0.2) is 17.6 Å². The molecule has 3 atom stereocenters. The zero-order chi connectivity index (χ0) is 28.5. The molecule has 2 bridgehead atoms. The van der Waals surface area contributed by atoms with Gasteiger partial charge in [0.1, 0.15) is 12.1 Å². The molecule has 0 amide bonds. The standard InChI is InChI=1S/C25H25N.C8H8O3.C2H3N/c1-17(18-9-3-2-4-10-18)26-16-19-15-24-20-11-5-7-13-22(20)25(19)23-14-8-6-12-21(23)24;9-7(8(10)11)6-4-2-1-3-5-6;1-2-3/h2-14,17,19,24-26H,15-16H2,1H3;1-5,7,9H,(H,10,11);1H3/t17-,19+,24?,25?;7-;/m11./s1. The summed E-state index contributed by atoms with van der Waals surface area (Å²) in [5.41, 5.74) is 8.07. The van der Waals surface area contributed by atoms with Gasteiger partial charge in [-0.2, -0.15) is 5.26 Å². The fraction of sp³-hybridized carbons (Fsp3) is 0.257. The molecule has 0 aliphatic heterocycles. The Hall–Kier alpha value is -4.24. The van der Waals surface area contributed by atoms with E-state index in [2.05, 4.69) is 91.1 Å². The van der Waals surface area contributed by atoms with Gasteiger partial charge in [0.25, 0.3) is 0 Å². The number of aliphatic hydroxyl groups excluding tert-OH is 1. The normalized spacial score (nSPS) is 19.2. The number of carboxylic acids is 1. The van der Waals surface area contributed by atoms with Crippen molar-refractivity contribution in [3.05, 3.63) is 143 Å². The van der Waals surface area contributed by atoms with Crippen LogP contribution in [0.3, 0.4) is 0 Å². The van der Waals surface area contributed by atoms with E-state index in [4.69, 9.17) is 10.4 Å². The monoisotopic (exact) mass is 532 g/mol. The summed E-state index contributed by atoms with van der Waals surface area (Å²) >= 11 is 0. The van der Waals surface area contributed by atoms with Crippen LogP contribution in [0.2, 0.25) is 0 Å². The van der Waals surface area contributed by atoms with Gasteiger partial charge in [-0.25, -0.2) is 0 Å². The number of aliphatic hydroxyl groups is 1. The predicted molar refractivity (Wildman–Crippen MR) is 154 cm³/mol. The molecule has 0 heterocycles. The second-order valence-corrected chi connectivity index (χ2v) is 10.3. The number of carbonyl (C=O) groups is 1. The lowest BCUT2D eigenvalue weighted by Gasteiger charge is -2.45. The van der Waals surface area contributed by atoms with Crippen molar-refractivity contribution in [1.82, 2.24) is 0 Å².